The number of ether oxygens (including phenoxy) is 1. The third-order valence-corrected chi connectivity index (χ3v) is 2.96. The minimum atomic E-state index is -1.05. The Labute approximate surface area is 103 Å². The molecule has 6 heteroatoms. The van der Waals surface area contributed by atoms with Crippen molar-refractivity contribution in [2.75, 3.05) is 6.54 Å². The van der Waals surface area contributed by atoms with Crippen molar-refractivity contribution < 1.29 is 23.4 Å². The first-order valence-electron chi connectivity index (χ1n) is 5.56. The SMILES string of the molecule is CC1OC(c2c(F)cccc2F)CNC1C(=O)O. The highest BCUT2D eigenvalue weighted by Gasteiger charge is 2.35. The van der Waals surface area contributed by atoms with Crippen LogP contribution in [0, 0.1) is 11.6 Å². The quantitative estimate of drug-likeness (QED) is 0.842. The molecule has 1 heterocycles. The van der Waals surface area contributed by atoms with E-state index in [1.54, 1.807) is 6.92 Å². The van der Waals surface area contributed by atoms with E-state index < -0.39 is 35.9 Å². The van der Waals surface area contributed by atoms with Crippen molar-refractivity contribution >= 4 is 5.97 Å². The topological polar surface area (TPSA) is 58.6 Å². The van der Waals surface area contributed by atoms with Crippen molar-refractivity contribution in [1.29, 1.82) is 0 Å². The van der Waals surface area contributed by atoms with Gasteiger partial charge in [-0.2, -0.15) is 0 Å². The molecular formula is C12H13F2NO3. The number of hydrogen-bond donors (Lipinski definition) is 2. The number of carboxylic acid groups (broad SMARTS) is 1. The van der Waals surface area contributed by atoms with E-state index in [0.717, 1.165) is 12.1 Å². The third-order valence-electron chi connectivity index (χ3n) is 2.96. The molecule has 0 radical (unpaired) electrons. The van der Waals surface area contributed by atoms with Crippen LogP contribution in [0.2, 0.25) is 0 Å². The molecule has 0 bridgehead atoms. The number of aliphatic carboxylic acids is 1. The van der Waals surface area contributed by atoms with Gasteiger partial charge in [0, 0.05) is 6.54 Å². The summed E-state index contributed by atoms with van der Waals surface area (Å²) in [5.74, 6) is -2.43. The molecule has 0 saturated carbocycles. The average Bonchev–Trinajstić information content (AvgIpc) is 2.28. The first-order chi connectivity index (χ1) is 8.50. The van der Waals surface area contributed by atoms with Gasteiger partial charge in [-0.3, -0.25) is 10.1 Å². The van der Waals surface area contributed by atoms with Crippen LogP contribution in [0.4, 0.5) is 8.78 Å². The summed E-state index contributed by atoms with van der Waals surface area (Å²) < 4.78 is 32.5. The van der Waals surface area contributed by atoms with Crippen LogP contribution in [0.15, 0.2) is 18.2 Å². The standard InChI is InChI=1S/C12H13F2NO3/c1-6-11(12(16)17)15-5-9(18-6)10-7(13)3-2-4-8(10)14/h2-4,6,9,11,15H,5H2,1H3,(H,16,17). The Hall–Kier alpha value is -1.53. The van der Waals surface area contributed by atoms with Crippen molar-refractivity contribution in [2.24, 2.45) is 0 Å². The Morgan fingerprint density at radius 2 is 2.06 bits per heavy atom. The Bertz CT molecular complexity index is 446. The maximum atomic E-state index is 13.6. The number of morpholine rings is 1. The predicted octanol–water partition coefficient (Wildman–Crippen LogP) is 1.47. The summed E-state index contributed by atoms with van der Waals surface area (Å²) in [6, 6.07) is 2.70. The first kappa shape index (κ1) is 12.9. The zero-order valence-corrected chi connectivity index (χ0v) is 9.69. The molecule has 18 heavy (non-hydrogen) atoms. The van der Waals surface area contributed by atoms with E-state index >= 15 is 0 Å². The second kappa shape index (κ2) is 4.99. The van der Waals surface area contributed by atoms with Gasteiger partial charge in [0.25, 0.3) is 0 Å². The molecule has 0 spiro atoms. The Morgan fingerprint density at radius 1 is 1.44 bits per heavy atom. The van der Waals surface area contributed by atoms with Gasteiger partial charge in [-0.15, -0.1) is 0 Å². The molecule has 4 nitrogen and oxygen atoms in total. The van der Waals surface area contributed by atoms with Gasteiger partial charge in [0.1, 0.15) is 23.8 Å². The van der Waals surface area contributed by atoms with E-state index in [4.69, 9.17) is 9.84 Å². The number of halogens is 2. The monoisotopic (exact) mass is 257 g/mol. The van der Waals surface area contributed by atoms with Crippen LogP contribution in [0.3, 0.4) is 0 Å². The van der Waals surface area contributed by atoms with Crippen LogP contribution in [0.25, 0.3) is 0 Å². The molecule has 1 saturated heterocycles. The molecule has 0 aliphatic carbocycles. The van der Waals surface area contributed by atoms with Crippen LogP contribution in [0.1, 0.15) is 18.6 Å². The molecule has 2 rings (SSSR count). The highest BCUT2D eigenvalue weighted by atomic mass is 19.1. The Kier molecular flexibility index (Phi) is 3.58. The van der Waals surface area contributed by atoms with E-state index in [-0.39, 0.29) is 12.1 Å². The maximum Gasteiger partial charge on any atom is 0.323 e. The molecule has 1 aromatic carbocycles. The van der Waals surface area contributed by atoms with Crippen molar-refractivity contribution in [2.45, 2.75) is 25.2 Å². The molecule has 98 valence electrons. The first-order valence-corrected chi connectivity index (χ1v) is 5.56. The largest absolute Gasteiger partial charge is 0.480 e. The normalized spacial score (nSPS) is 28.1. The Morgan fingerprint density at radius 3 is 2.56 bits per heavy atom. The van der Waals surface area contributed by atoms with Gasteiger partial charge in [-0.1, -0.05) is 6.07 Å². The van der Waals surface area contributed by atoms with Gasteiger partial charge < -0.3 is 9.84 Å². The van der Waals surface area contributed by atoms with Crippen LogP contribution < -0.4 is 5.32 Å². The molecule has 1 aromatic rings. The van der Waals surface area contributed by atoms with Crippen LogP contribution >= 0.6 is 0 Å². The molecule has 1 aliphatic rings. The van der Waals surface area contributed by atoms with Gasteiger partial charge in [-0.25, -0.2) is 8.78 Å². The van der Waals surface area contributed by atoms with Crippen LogP contribution in [0.5, 0.6) is 0 Å². The summed E-state index contributed by atoms with van der Waals surface area (Å²) in [6.07, 6.45) is -1.49. The summed E-state index contributed by atoms with van der Waals surface area (Å²) in [5, 5.41) is 11.6. The summed E-state index contributed by atoms with van der Waals surface area (Å²) in [5.41, 5.74) is -0.166. The second-order valence-corrected chi connectivity index (χ2v) is 4.19. The van der Waals surface area contributed by atoms with Crippen molar-refractivity contribution in [1.82, 2.24) is 5.32 Å². The second-order valence-electron chi connectivity index (χ2n) is 4.19. The lowest BCUT2D eigenvalue weighted by Gasteiger charge is -2.33. The third kappa shape index (κ3) is 2.34. The van der Waals surface area contributed by atoms with Crippen molar-refractivity contribution in [3.63, 3.8) is 0 Å². The van der Waals surface area contributed by atoms with Crippen molar-refractivity contribution in [3.8, 4) is 0 Å². The number of benzene rings is 1. The van der Waals surface area contributed by atoms with E-state index in [9.17, 15) is 13.6 Å². The lowest BCUT2D eigenvalue weighted by molar-refractivity contribution is -0.149. The van der Waals surface area contributed by atoms with E-state index in [2.05, 4.69) is 5.32 Å². The van der Waals surface area contributed by atoms with Gasteiger partial charge in [-0.05, 0) is 19.1 Å². The lowest BCUT2D eigenvalue weighted by atomic mass is 10.0. The number of nitrogens with one attached hydrogen (secondary N) is 1. The molecule has 3 atom stereocenters. The molecule has 0 aromatic heterocycles. The summed E-state index contributed by atoms with van der Waals surface area (Å²) in [7, 11) is 0. The highest BCUT2D eigenvalue weighted by molar-refractivity contribution is 5.74. The molecular weight excluding hydrogens is 244 g/mol. The Balaban J connectivity index is 2.20. The summed E-state index contributed by atoms with van der Waals surface area (Å²) in [6.45, 7) is 1.61. The van der Waals surface area contributed by atoms with E-state index in [0.29, 0.717) is 0 Å². The van der Waals surface area contributed by atoms with Gasteiger partial charge in [0.2, 0.25) is 0 Å². The fourth-order valence-corrected chi connectivity index (χ4v) is 2.06. The molecule has 0 amide bonds. The minimum Gasteiger partial charge on any atom is -0.480 e. The molecule has 1 fully saturated rings. The van der Waals surface area contributed by atoms with Gasteiger partial charge >= 0.3 is 5.97 Å². The predicted molar refractivity (Wildman–Crippen MR) is 59.1 cm³/mol. The zero-order chi connectivity index (χ0) is 13.3. The highest BCUT2D eigenvalue weighted by Crippen LogP contribution is 2.27. The number of rotatable bonds is 2. The minimum absolute atomic E-state index is 0.0547. The van der Waals surface area contributed by atoms with E-state index in [1.807, 2.05) is 0 Å². The van der Waals surface area contributed by atoms with Crippen LogP contribution in [-0.2, 0) is 9.53 Å². The fraction of sp³-hybridized carbons (Fsp3) is 0.417. The average molecular weight is 257 g/mol. The number of hydrogen-bond acceptors (Lipinski definition) is 3. The maximum absolute atomic E-state index is 13.6. The van der Waals surface area contributed by atoms with E-state index in [1.165, 1.54) is 6.07 Å². The number of carbonyl (C=O) groups is 1. The smallest absolute Gasteiger partial charge is 0.323 e. The summed E-state index contributed by atoms with van der Waals surface area (Å²) in [4.78, 5) is 10.9. The summed E-state index contributed by atoms with van der Waals surface area (Å²) >= 11 is 0. The fourth-order valence-electron chi connectivity index (χ4n) is 2.06. The van der Waals surface area contributed by atoms with Crippen LogP contribution in [-0.4, -0.2) is 29.8 Å². The zero-order valence-electron chi connectivity index (χ0n) is 9.69. The van der Waals surface area contributed by atoms with Crippen molar-refractivity contribution in [3.05, 3.63) is 35.4 Å². The molecule has 3 unspecified atom stereocenters. The van der Waals surface area contributed by atoms with Gasteiger partial charge in [0.05, 0.1) is 11.7 Å². The number of carboxylic acids is 1. The van der Waals surface area contributed by atoms with Gasteiger partial charge in [0.15, 0.2) is 0 Å². The molecule has 1 aliphatic heterocycles. The molecule has 2 N–H and O–H groups in total. The lowest BCUT2D eigenvalue weighted by Crippen LogP contribution is -2.52.